The fraction of sp³-hybridized carbons (Fsp3) is 0.946. The molecule has 1 heterocycles. The van der Waals surface area contributed by atoms with E-state index in [4.69, 9.17) is 32.7 Å². The van der Waals surface area contributed by atoms with Crippen molar-refractivity contribution in [2.45, 2.75) is 327 Å². The monoisotopic (exact) mass is 1510 g/mol. The maximum absolute atomic E-state index is 10.5. The van der Waals surface area contributed by atoms with Crippen LogP contribution in [0.3, 0.4) is 0 Å². The first-order valence-electron chi connectivity index (χ1n) is 43.7. The molecule has 17 fully saturated rings. The van der Waals surface area contributed by atoms with Gasteiger partial charge in [-0.1, -0.05) is 96.9 Å². The second kappa shape index (κ2) is 33.6. The Morgan fingerprint density at radius 1 is 0.365 bits per heavy atom. The van der Waals surface area contributed by atoms with Gasteiger partial charge in [-0.3, -0.25) is 0 Å². The molecule has 2 N–H and O–H groups in total. The maximum Gasteiger partial charge on any atom is 0.202 e. The van der Waals surface area contributed by atoms with Crippen LogP contribution in [0.5, 0.6) is 0 Å². The molecule has 17 rings (SSSR count). The van der Waals surface area contributed by atoms with E-state index in [1.54, 1.807) is 0 Å². The lowest BCUT2D eigenvalue weighted by Crippen LogP contribution is -2.55. The minimum atomic E-state index is -0.0984. The number of hydrogen-bond donors (Lipinski definition) is 2. The van der Waals surface area contributed by atoms with Crippen LogP contribution < -0.4 is 0 Å². The third-order valence-electron chi connectivity index (χ3n) is 38.4. The highest BCUT2D eigenvalue weighted by atomic mass is 35.5. The van der Waals surface area contributed by atoms with Crippen molar-refractivity contribution < 1.29 is 19.7 Å². The van der Waals surface area contributed by atoms with Gasteiger partial charge in [0.05, 0.1) is 65.5 Å². The third kappa shape index (κ3) is 15.1. The van der Waals surface area contributed by atoms with Gasteiger partial charge in [-0.25, -0.2) is 4.79 Å². The molecule has 16 saturated carbocycles. The van der Waals surface area contributed by atoms with Crippen molar-refractivity contribution in [2.24, 2.45) is 197 Å². The summed E-state index contributed by atoms with van der Waals surface area (Å²) in [6, 6.07) is 10.6. The second-order valence-electron chi connectivity index (χ2n) is 42.2. The van der Waals surface area contributed by atoms with E-state index in [0.29, 0.717) is 77.4 Å². The molecule has 36 atom stereocenters. The Morgan fingerprint density at radius 3 is 0.894 bits per heavy atom. The first-order chi connectivity index (χ1) is 49.4. The summed E-state index contributed by atoms with van der Waals surface area (Å²) < 4.78 is 4.94. The van der Waals surface area contributed by atoms with Gasteiger partial charge in [-0.2, -0.15) is 21.0 Å². The quantitative estimate of drug-likeness (QED) is 0.178. The Morgan fingerprint density at radius 2 is 0.625 bits per heavy atom. The predicted molar refractivity (Wildman–Crippen MR) is 429 cm³/mol. The highest BCUT2D eigenvalue weighted by Gasteiger charge is 2.66. The van der Waals surface area contributed by atoms with Gasteiger partial charge in [0.1, 0.15) is 0 Å². The zero-order chi connectivity index (χ0) is 75.3. The van der Waals surface area contributed by atoms with Crippen molar-refractivity contribution in [3.8, 4) is 24.3 Å². The number of hydrogen-bond acceptors (Lipinski definition) is 9. The fourth-order valence-electron chi connectivity index (χ4n) is 32.1. The van der Waals surface area contributed by atoms with Crippen molar-refractivity contribution >= 4 is 49.5 Å². The normalized spacial score (nSPS) is 53.4. The lowest BCUT2D eigenvalue weighted by Gasteiger charge is -2.61. The largest absolute Gasteiger partial charge is 0.393 e. The number of rotatable bonds is 0. The van der Waals surface area contributed by atoms with Crippen molar-refractivity contribution in [1.29, 1.82) is 21.0 Å². The molecule has 0 unspecified atom stereocenters. The molecule has 0 spiro atoms. The summed E-state index contributed by atoms with van der Waals surface area (Å²) in [7, 11) is 0.634. The zero-order valence-corrected chi connectivity index (χ0v) is 71.0. The Hall–Kier alpha value is -1.56. The van der Waals surface area contributed by atoms with Crippen molar-refractivity contribution in [2.75, 3.05) is 18.6 Å². The molecule has 0 amide bonds. The number of alkyl halides is 2. The van der Waals surface area contributed by atoms with E-state index >= 15 is 0 Å². The first kappa shape index (κ1) is 83.4. The number of nitrogens with zero attached hydrogens (tertiary/aromatic N) is 4. The topological polar surface area (TPSA) is 162 Å². The molecule has 0 aromatic rings. The van der Waals surface area contributed by atoms with Crippen LogP contribution in [-0.2, 0) is 30.6 Å². The van der Waals surface area contributed by atoms with Gasteiger partial charge in [0.2, 0.25) is 5.23 Å². The number of ether oxygens (including phenoxy) is 1. The molecule has 8 nitrogen and oxygen atoms in total. The van der Waals surface area contributed by atoms with Gasteiger partial charge in [-0.05, 0) is 403 Å². The summed E-state index contributed by atoms with van der Waals surface area (Å²) in [5.41, 5.74) is 3.23. The molecule has 584 valence electrons. The van der Waals surface area contributed by atoms with Crippen molar-refractivity contribution in [3.63, 3.8) is 0 Å². The minimum Gasteiger partial charge on any atom is -0.393 e. The molecule has 1 saturated heterocycles. The molecule has 0 bridgehead atoms. The molecule has 0 radical (unpaired) electrons. The molecule has 1 aliphatic heterocycles. The van der Waals surface area contributed by atoms with Crippen molar-refractivity contribution in [1.82, 2.24) is 0 Å². The first-order valence-corrected chi connectivity index (χ1v) is 46.5. The predicted octanol–water partition coefficient (Wildman–Crippen LogP) is 23.5. The maximum atomic E-state index is 10.5. The highest BCUT2D eigenvalue weighted by Crippen LogP contribution is 2.73. The second-order valence-corrected chi connectivity index (χ2v) is 43.8. The van der Waals surface area contributed by atoms with Crippen LogP contribution in [-0.4, -0.2) is 46.2 Å². The van der Waals surface area contributed by atoms with Crippen molar-refractivity contribution in [3.05, 3.63) is 0 Å². The number of carbonyl (C=O) groups excluding carboxylic acids is 1. The van der Waals surface area contributed by atoms with Gasteiger partial charge in [0, 0.05) is 23.1 Å². The molecule has 104 heavy (non-hydrogen) atoms. The number of aliphatic hydroxyl groups excluding tert-OH is 2. The Balaban J connectivity index is 0.000000132. The summed E-state index contributed by atoms with van der Waals surface area (Å²) in [4.78, 5) is 8.91. The van der Waals surface area contributed by atoms with E-state index in [2.05, 4.69) is 132 Å². The molecular weight excluding hydrogens is 1360 g/mol. The number of halogens is 2. The SMILES string of the molecule is C1CCOC1.C[C@H]1C[C@@H]2CC[C@@H]3[C@H](CC[C@]4(C)[C@@H](C#N)CC[C@@H]34)[C@@]2(C)C[C@@H]1C.C[C@H]1C[C@@H]2CC[C@@H]3[C@H](CC[C@]4(C)[C@@H](C#N)CC[C@@H]34)[C@@]2(C)C[C@@H]1C.C[C@H]1C[C@@H]2CC[C@@H]3[C@H](CC[C@]4(C)[C@@H](C#N)CC[C@@H]34)[C@@]2(C)C[C@@H]1O.C[C@H]1C[C@@]2(C)[C@@H](CC[C@@H]3[C@@H]2CC[C@]2(C)[C@@H](C#N)CC[C@@H]32)C[C@@H]1O.ClCCl.O=C=S=S. The Kier molecular flexibility index (Phi) is 27.0. The standard InChI is InChI=1S/2C22H35N.2C21H33NO.C4H8O.CH2Cl2.COS2/c2*1-14-11-16-5-7-18-19-8-6-17(13-23)21(19,3)10-9-20(18)22(16,4)12-15(14)2;1-13-11-21(3)14(10-19(13)23)4-6-16-17-7-5-15(12-22)20(17,2)9-8-18(16)21;1-13-10-14-4-6-16-17-7-5-15(12-22)20(17,2)9-8-18(16)21(14,3)11-19(13)23;1-2-4-5-3-1;2-1-3;2-1-4-3/h2*14-20H,5-12H2,1-4H3;2*13-19,23H,4-11H2,1-3H3;1-4H2;1H2;/t2*14-,15-,16-,17+,18-,19-,20-,21+,22-;2*13-,14-,15+,16-,17-,18-,19-,20+,21-;;;/m0000.../s1. The van der Waals surface area contributed by atoms with Crippen LogP contribution in [0, 0.1) is 243 Å². The number of aliphatic hydroxyl groups is 2. The number of fused-ring (bicyclic) bond motifs is 20. The smallest absolute Gasteiger partial charge is 0.202 e. The van der Waals surface area contributed by atoms with E-state index in [1.165, 1.54) is 198 Å². The van der Waals surface area contributed by atoms with Crippen LogP contribution >= 0.6 is 23.2 Å². The average Bonchev–Trinajstić information content (AvgIpc) is 1.54. The molecule has 17 aliphatic rings. The van der Waals surface area contributed by atoms with Gasteiger partial charge < -0.3 is 14.9 Å². The average molecular weight is 1510 g/mol. The van der Waals surface area contributed by atoms with Gasteiger partial charge in [0.25, 0.3) is 0 Å². The zero-order valence-electron chi connectivity index (χ0n) is 67.9. The van der Waals surface area contributed by atoms with Gasteiger partial charge in [-0.15, -0.1) is 23.2 Å². The number of nitriles is 4. The molecule has 12 heteroatoms. The Bertz CT molecular complexity index is 2770. The Labute approximate surface area is 653 Å². The van der Waals surface area contributed by atoms with E-state index in [0.717, 1.165) is 157 Å². The molecular formula is C92H146Cl2N4O4S2. The highest BCUT2D eigenvalue weighted by molar-refractivity contribution is 8.16. The van der Waals surface area contributed by atoms with Crippen LogP contribution in [0.2, 0.25) is 0 Å². The summed E-state index contributed by atoms with van der Waals surface area (Å²) in [6.07, 6.45) is 44.4. The van der Waals surface area contributed by atoms with Gasteiger partial charge >= 0.3 is 0 Å². The van der Waals surface area contributed by atoms with E-state index in [9.17, 15) is 31.3 Å². The summed E-state index contributed by atoms with van der Waals surface area (Å²) in [5.74, 6) is 19.6. The lowest BCUT2D eigenvalue weighted by molar-refractivity contribution is -0.140. The van der Waals surface area contributed by atoms with Gasteiger partial charge in [0.15, 0.2) is 0 Å². The summed E-state index contributed by atoms with van der Waals surface area (Å²) >= 11 is 13.6. The lowest BCUT2D eigenvalue weighted by atomic mass is 9.43. The third-order valence-corrected chi connectivity index (χ3v) is 38.7. The fourth-order valence-corrected chi connectivity index (χ4v) is 32.1. The van der Waals surface area contributed by atoms with E-state index < -0.39 is 0 Å². The summed E-state index contributed by atoms with van der Waals surface area (Å²) in [6.45, 7) is 36.6. The minimum absolute atomic E-state index is 0.0760. The van der Waals surface area contributed by atoms with Crippen LogP contribution in [0.1, 0.15) is 315 Å². The van der Waals surface area contributed by atoms with Crippen LogP contribution in [0.25, 0.3) is 0 Å². The van der Waals surface area contributed by atoms with E-state index in [1.807, 2.05) is 0 Å². The molecule has 0 aromatic heterocycles. The van der Waals surface area contributed by atoms with E-state index in [-0.39, 0.29) is 28.9 Å². The molecule has 16 aliphatic carbocycles. The van der Waals surface area contributed by atoms with Crippen LogP contribution in [0.15, 0.2) is 0 Å². The van der Waals surface area contributed by atoms with Crippen LogP contribution in [0.4, 0.5) is 0 Å². The summed E-state index contributed by atoms with van der Waals surface area (Å²) in [5, 5.41) is 60.9. The molecule has 0 aromatic carbocycles.